The first-order chi connectivity index (χ1) is 13.3. The lowest BCUT2D eigenvalue weighted by Crippen LogP contribution is -2.33. The lowest BCUT2D eigenvalue weighted by atomic mass is 10.0. The molecule has 3 N–H and O–H groups in total. The number of carbonyl (C=O) groups excluding carboxylic acids is 1. The molecule has 4 rings (SSSR count). The number of aromatic hydroxyl groups is 1. The summed E-state index contributed by atoms with van der Waals surface area (Å²) in [4.78, 5) is 11.5. The molecule has 2 heterocycles. The Morgan fingerprint density at radius 1 is 1.32 bits per heavy atom. The highest BCUT2D eigenvalue weighted by Crippen LogP contribution is 2.39. The number of hydrogen-bond acceptors (Lipinski definition) is 6. The van der Waals surface area contributed by atoms with Crippen LogP contribution in [-0.2, 0) is 15.0 Å². The first kappa shape index (κ1) is 18.8. The van der Waals surface area contributed by atoms with Crippen molar-refractivity contribution in [3.8, 4) is 11.5 Å². The van der Waals surface area contributed by atoms with Crippen molar-refractivity contribution in [2.45, 2.75) is 12.8 Å². The van der Waals surface area contributed by atoms with Gasteiger partial charge in [-0.05, 0) is 43.0 Å². The molecule has 2 aliphatic rings. The molecule has 0 saturated carbocycles. The molecule has 2 saturated heterocycles. The van der Waals surface area contributed by atoms with Gasteiger partial charge in [-0.1, -0.05) is 6.07 Å². The minimum atomic E-state index is -4.24. The number of ether oxygens (including phenoxy) is 1. The molecule has 10 heteroatoms. The van der Waals surface area contributed by atoms with Crippen LogP contribution in [0.25, 0.3) is 10.8 Å². The number of amides is 1. The Hall–Kier alpha value is -2.59. The largest absolute Gasteiger partial charge is 0.506 e. The summed E-state index contributed by atoms with van der Waals surface area (Å²) in [5.74, 6) is -1.47. The van der Waals surface area contributed by atoms with Crippen molar-refractivity contribution in [1.29, 1.82) is 0 Å². The molecule has 0 aromatic heterocycles. The summed E-state index contributed by atoms with van der Waals surface area (Å²) in [6, 6.07) is 6.01. The lowest BCUT2D eigenvalue weighted by Gasteiger charge is -2.23. The standard InChI is InChI=1S/C18H20FN3O5S/c19-17-14-7-13(27-10-11-2-1-5-20-8-11)4-3-12(14)6-15(23)18(17)22-9-16(24)21-28(22,25)26/h3-4,6-7,11,20,23H,1-2,5,8-10H2,(H,21,24)/t11-/m0/s1. The van der Waals surface area contributed by atoms with Crippen LogP contribution in [0.5, 0.6) is 11.5 Å². The molecule has 150 valence electrons. The predicted octanol–water partition coefficient (Wildman–Crippen LogP) is 1.24. The Morgan fingerprint density at radius 2 is 2.14 bits per heavy atom. The van der Waals surface area contributed by atoms with Crippen molar-refractivity contribution in [3.05, 3.63) is 30.1 Å². The van der Waals surface area contributed by atoms with Crippen LogP contribution >= 0.6 is 0 Å². The minimum absolute atomic E-state index is 0.0987. The molecule has 0 bridgehead atoms. The van der Waals surface area contributed by atoms with Gasteiger partial charge in [-0.2, -0.15) is 8.42 Å². The number of rotatable bonds is 4. The number of piperidine rings is 1. The van der Waals surface area contributed by atoms with Gasteiger partial charge in [0.05, 0.1) is 6.61 Å². The summed E-state index contributed by atoms with van der Waals surface area (Å²) in [6.07, 6.45) is 2.14. The number of phenols is 1. The molecule has 2 fully saturated rings. The van der Waals surface area contributed by atoms with Gasteiger partial charge in [-0.3, -0.25) is 4.79 Å². The van der Waals surface area contributed by atoms with Crippen molar-refractivity contribution < 1.29 is 27.4 Å². The SMILES string of the molecule is O=C1CN(c2c(O)cc3ccc(OC[C@H]4CCCNC4)cc3c2F)S(=O)(=O)N1. The predicted molar refractivity (Wildman–Crippen MR) is 101 cm³/mol. The highest BCUT2D eigenvalue weighted by atomic mass is 32.2. The van der Waals surface area contributed by atoms with Crippen molar-refractivity contribution in [2.75, 3.05) is 30.5 Å². The molecule has 2 aromatic rings. The molecule has 2 aliphatic heterocycles. The zero-order chi connectivity index (χ0) is 19.9. The Kier molecular flexibility index (Phi) is 4.76. The second-order valence-corrected chi connectivity index (χ2v) is 8.60. The number of phenolic OH excluding ortho intramolecular Hbond substituents is 1. The number of halogens is 1. The number of fused-ring (bicyclic) bond motifs is 1. The van der Waals surface area contributed by atoms with Crippen molar-refractivity contribution in [3.63, 3.8) is 0 Å². The average Bonchev–Trinajstić information content (AvgIpc) is 2.93. The monoisotopic (exact) mass is 409 g/mol. The Labute approximate surface area is 161 Å². The first-order valence-electron chi connectivity index (χ1n) is 8.97. The maximum Gasteiger partial charge on any atom is 0.326 e. The average molecular weight is 409 g/mol. The zero-order valence-electron chi connectivity index (χ0n) is 14.9. The minimum Gasteiger partial charge on any atom is -0.506 e. The van der Waals surface area contributed by atoms with E-state index in [1.54, 1.807) is 16.9 Å². The van der Waals surface area contributed by atoms with Crippen LogP contribution in [0.1, 0.15) is 12.8 Å². The van der Waals surface area contributed by atoms with E-state index in [9.17, 15) is 18.3 Å². The molecular weight excluding hydrogens is 389 g/mol. The molecule has 1 atom stereocenters. The summed E-state index contributed by atoms with van der Waals surface area (Å²) in [5, 5.41) is 14.0. The Bertz CT molecular complexity index is 1040. The van der Waals surface area contributed by atoms with E-state index in [2.05, 4.69) is 5.32 Å². The van der Waals surface area contributed by atoms with Gasteiger partial charge in [0.15, 0.2) is 5.82 Å². The fourth-order valence-corrected chi connectivity index (χ4v) is 4.72. The summed E-state index contributed by atoms with van der Waals surface area (Å²) in [6.45, 7) is 1.77. The van der Waals surface area contributed by atoms with Crippen LogP contribution in [0.3, 0.4) is 0 Å². The van der Waals surface area contributed by atoms with Crippen LogP contribution in [-0.4, -0.2) is 45.7 Å². The van der Waals surface area contributed by atoms with E-state index in [1.165, 1.54) is 12.1 Å². The van der Waals surface area contributed by atoms with Crippen LogP contribution in [0.4, 0.5) is 10.1 Å². The van der Waals surface area contributed by atoms with Crippen LogP contribution < -0.4 is 19.1 Å². The molecule has 0 aliphatic carbocycles. The first-order valence-corrected chi connectivity index (χ1v) is 10.4. The quantitative estimate of drug-likeness (QED) is 0.701. The number of anilines is 1. The van der Waals surface area contributed by atoms with Gasteiger partial charge < -0.3 is 15.2 Å². The van der Waals surface area contributed by atoms with E-state index in [4.69, 9.17) is 4.74 Å². The third-order valence-electron chi connectivity index (χ3n) is 4.96. The van der Waals surface area contributed by atoms with Crippen LogP contribution in [0.15, 0.2) is 24.3 Å². The number of benzene rings is 2. The molecule has 1 amide bonds. The molecule has 0 radical (unpaired) electrons. The number of nitrogens with one attached hydrogen (secondary N) is 2. The smallest absolute Gasteiger partial charge is 0.326 e. The van der Waals surface area contributed by atoms with Gasteiger partial charge in [-0.15, -0.1) is 0 Å². The number of carbonyl (C=O) groups is 1. The highest BCUT2D eigenvalue weighted by Gasteiger charge is 2.37. The van der Waals surface area contributed by atoms with E-state index in [0.29, 0.717) is 28.0 Å². The summed E-state index contributed by atoms with van der Waals surface area (Å²) in [7, 11) is -4.24. The maximum atomic E-state index is 15.2. The molecule has 28 heavy (non-hydrogen) atoms. The highest BCUT2D eigenvalue weighted by molar-refractivity contribution is 7.92. The van der Waals surface area contributed by atoms with E-state index in [0.717, 1.165) is 25.9 Å². The van der Waals surface area contributed by atoms with Crippen LogP contribution in [0.2, 0.25) is 0 Å². The lowest BCUT2D eigenvalue weighted by molar-refractivity contribution is -0.117. The fourth-order valence-electron chi connectivity index (χ4n) is 3.56. The molecule has 0 unspecified atom stereocenters. The number of nitrogens with zero attached hydrogens (tertiary/aromatic N) is 1. The zero-order valence-corrected chi connectivity index (χ0v) is 15.8. The van der Waals surface area contributed by atoms with Crippen molar-refractivity contribution in [1.82, 2.24) is 10.0 Å². The fraction of sp³-hybridized carbons (Fsp3) is 0.389. The van der Waals surface area contributed by atoms with Gasteiger partial charge in [0.2, 0.25) is 0 Å². The molecule has 0 spiro atoms. The Morgan fingerprint density at radius 3 is 2.82 bits per heavy atom. The van der Waals surface area contributed by atoms with E-state index in [1.807, 2.05) is 0 Å². The number of hydrogen-bond donors (Lipinski definition) is 3. The molecule has 2 aromatic carbocycles. The van der Waals surface area contributed by atoms with E-state index < -0.39 is 39.9 Å². The third kappa shape index (κ3) is 3.45. The van der Waals surface area contributed by atoms with E-state index >= 15 is 4.39 Å². The second kappa shape index (κ2) is 7.10. The maximum absolute atomic E-state index is 15.2. The summed E-state index contributed by atoms with van der Waals surface area (Å²) in [5.41, 5.74) is -0.556. The van der Waals surface area contributed by atoms with Gasteiger partial charge in [0, 0.05) is 17.8 Å². The van der Waals surface area contributed by atoms with Crippen LogP contribution in [0, 0.1) is 11.7 Å². The third-order valence-corrected chi connectivity index (χ3v) is 6.34. The van der Waals surface area contributed by atoms with Gasteiger partial charge in [0.1, 0.15) is 23.7 Å². The summed E-state index contributed by atoms with van der Waals surface area (Å²) < 4.78 is 47.3. The van der Waals surface area contributed by atoms with Gasteiger partial charge in [0.25, 0.3) is 5.91 Å². The summed E-state index contributed by atoms with van der Waals surface area (Å²) >= 11 is 0. The van der Waals surface area contributed by atoms with Crippen molar-refractivity contribution >= 4 is 32.6 Å². The van der Waals surface area contributed by atoms with E-state index in [-0.39, 0.29) is 5.39 Å². The van der Waals surface area contributed by atoms with Crippen molar-refractivity contribution in [2.24, 2.45) is 5.92 Å². The Balaban J connectivity index is 1.67. The van der Waals surface area contributed by atoms with Gasteiger partial charge >= 0.3 is 10.2 Å². The molecular formula is C18H20FN3O5S. The molecule has 8 nitrogen and oxygen atoms in total. The second-order valence-electron chi connectivity index (χ2n) is 7.00. The normalized spacial score (nSPS) is 21.7. The van der Waals surface area contributed by atoms with Gasteiger partial charge in [-0.25, -0.2) is 13.4 Å². The topological polar surface area (TPSA) is 108 Å².